The van der Waals surface area contributed by atoms with Crippen LogP contribution in [0.5, 0.6) is 5.75 Å². The molecule has 0 unspecified atom stereocenters. The molecule has 106 valence electrons. The van der Waals surface area contributed by atoms with Crippen LogP contribution in [0.4, 0.5) is 11.4 Å². The van der Waals surface area contributed by atoms with Crippen molar-refractivity contribution < 1.29 is 14.3 Å². The maximum Gasteiger partial charge on any atom is 0.308 e. The summed E-state index contributed by atoms with van der Waals surface area (Å²) >= 11 is 0. The van der Waals surface area contributed by atoms with Gasteiger partial charge in [-0.15, -0.1) is 0 Å². The SMILES string of the molecule is CC(=O)Oc1ccc(N2CCC(=O)c3ccccc32)cc1. The average Bonchev–Trinajstić information content (AvgIpc) is 2.48. The second kappa shape index (κ2) is 5.40. The summed E-state index contributed by atoms with van der Waals surface area (Å²) in [6.45, 7) is 2.03. The molecule has 1 aliphatic rings. The number of esters is 1. The van der Waals surface area contributed by atoms with Crippen LogP contribution in [0.1, 0.15) is 23.7 Å². The number of hydrogen-bond donors (Lipinski definition) is 0. The van der Waals surface area contributed by atoms with Crippen molar-refractivity contribution in [3.05, 3.63) is 54.1 Å². The maximum atomic E-state index is 12.0. The van der Waals surface area contributed by atoms with E-state index in [0.29, 0.717) is 18.7 Å². The zero-order valence-corrected chi connectivity index (χ0v) is 11.7. The highest BCUT2D eigenvalue weighted by atomic mass is 16.5. The molecule has 0 spiro atoms. The van der Waals surface area contributed by atoms with E-state index in [4.69, 9.17) is 4.74 Å². The third kappa shape index (κ3) is 2.65. The van der Waals surface area contributed by atoms with E-state index in [1.54, 1.807) is 12.1 Å². The van der Waals surface area contributed by atoms with Crippen molar-refractivity contribution in [2.75, 3.05) is 11.4 Å². The molecule has 1 aliphatic heterocycles. The Balaban J connectivity index is 1.92. The highest BCUT2D eigenvalue weighted by Gasteiger charge is 2.23. The quantitative estimate of drug-likeness (QED) is 0.625. The number of ether oxygens (including phenoxy) is 1. The summed E-state index contributed by atoms with van der Waals surface area (Å²) in [5, 5.41) is 0. The van der Waals surface area contributed by atoms with Crippen molar-refractivity contribution in [1.82, 2.24) is 0 Å². The van der Waals surface area contributed by atoms with E-state index < -0.39 is 0 Å². The third-order valence-electron chi connectivity index (χ3n) is 3.47. The molecule has 4 heteroatoms. The highest BCUT2D eigenvalue weighted by Crippen LogP contribution is 2.33. The summed E-state index contributed by atoms with van der Waals surface area (Å²) in [5.74, 6) is 0.364. The van der Waals surface area contributed by atoms with Crippen LogP contribution in [0.3, 0.4) is 0 Å². The number of para-hydroxylation sites is 1. The Morgan fingerprint density at radius 3 is 2.52 bits per heavy atom. The van der Waals surface area contributed by atoms with Crippen LogP contribution in [0, 0.1) is 0 Å². The third-order valence-corrected chi connectivity index (χ3v) is 3.47. The number of nitrogens with zero attached hydrogens (tertiary/aromatic N) is 1. The van der Waals surface area contributed by atoms with E-state index in [1.165, 1.54) is 6.92 Å². The lowest BCUT2D eigenvalue weighted by Crippen LogP contribution is -2.27. The van der Waals surface area contributed by atoms with Gasteiger partial charge in [0.05, 0.1) is 5.69 Å². The predicted octanol–water partition coefficient (Wildman–Crippen LogP) is 3.34. The second-order valence-corrected chi connectivity index (χ2v) is 4.93. The lowest BCUT2D eigenvalue weighted by Gasteiger charge is -2.30. The minimum atomic E-state index is -0.336. The van der Waals surface area contributed by atoms with Crippen LogP contribution in [0.2, 0.25) is 0 Å². The second-order valence-electron chi connectivity index (χ2n) is 4.93. The van der Waals surface area contributed by atoms with Gasteiger partial charge < -0.3 is 9.64 Å². The van der Waals surface area contributed by atoms with E-state index in [-0.39, 0.29) is 11.8 Å². The number of fused-ring (bicyclic) bond motifs is 1. The number of rotatable bonds is 2. The Labute approximate surface area is 123 Å². The number of benzene rings is 2. The van der Waals surface area contributed by atoms with Gasteiger partial charge in [-0.25, -0.2) is 0 Å². The first-order valence-corrected chi connectivity index (χ1v) is 6.83. The van der Waals surface area contributed by atoms with Gasteiger partial charge in [0.1, 0.15) is 5.75 Å². The molecule has 0 bridgehead atoms. The molecule has 2 aromatic rings. The molecule has 21 heavy (non-hydrogen) atoms. The summed E-state index contributed by atoms with van der Waals surface area (Å²) in [7, 11) is 0. The van der Waals surface area contributed by atoms with Crippen molar-refractivity contribution >= 4 is 23.1 Å². The number of ketones is 1. The van der Waals surface area contributed by atoms with E-state index in [2.05, 4.69) is 4.90 Å². The Bertz CT molecular complexity index is 691. The molecule has 0 saturated heterocycles. The normalized spacial score (nSPS) is 13.8. The number of carbonyl (C=O) groups is 2. The first-order chi connectivity index (χ1) is 10.1. The molecule has 1 heterocycles. The van der Waals surface area contributed by atoms with Crippen LogP contribution in [-0.4, -0.2) is 18.3 Å². The monoisotopic (exact) mass is 281 g/mol. The fourth-order valence-electron chi connectivity index (χ4n) is 2.54. The molecule has 0 atom stereocenters. The van der Waals surface area contributed by atoms with E-state index >= 15 is 0 Å². The van der Waals surface area contributed by atoms with Gasteiger partial charge >= 0.3 is 5.97 Å². The summed E-state index contributed by atoms with van der Waals surface area (Å²) in [6.07, 6.45) is 0.503. The van der Waals surface area contributed by atoms with E-state index in [0.717, 1.165) is 16.9 Å². The molecule has 3 rings (SSSR count). The van der Waals surface area contributed by atoms with Crippen LogP contribution < -0.4 is 9.64 Å². The first kappa shape index (κ1) is 13.4. The van der Waals surface area contributed by atoms with E-state index in [1.807, 2.05) is 36.4 Å². The number of hydrogen-bond acceptors (Lipinski definition) is 4. The maximum absolute atomic E-state index is 12.0. The lowest BCUT2D eigenvalue weighted by atomic mass is 10.00. The fraction of sp³-hybridized carbons (Fsp3) is 0.176. The Morgan fingerprint density at radius 1 is 1.10 bits per heavy atom. The van der Waals surface area contributed by atoms with Crippen molar-refractivity contribution in [2.24, 2.45) is 0 Å². The summed E-state index contributed by atoms with van der Waals surface area (Å²) < 4.78 is 5.03. The van der Waals surface area contributed by atoms with Gasteiger partial charge in [0.2, 0.25) is 0 Å². The van der Waals surface area contributed by atoms with Crippen LogP contribution in [-0.2, 0) is 4.79 Å². The molecule has 0 aliphatic carbocycles. The van der Waals surface area contributed by atoms with E-state index in [9.17, 15) is 9.59 Å². The van der Waals surface area contributed by atoms with Gasteiger partial charge in [-0.1, -0.05) is 12.1 Å². The molecular weight excluding hydrogens is 266 g/mol. The Hall–Kier alpha value is -2.62. The van der Waals surface area contributed by atoms with Crippen molar-refractivity contribution in [2.45, 2.75) is 13.3 Å². The van der Waals surface area contributed by atoms with Crippen molar-refractivity contribution in [3.63, 3.8) is 0 Å². The van der Waals surface area contributed by atoms with Gasteiger partial charge in [-0.05, 0) is 36.4 Å². The molecule has 0 radical (unpaired) electrons. The molecule has 0 N–H and O–H groups in total. The van der Waals surface area contributed by atoms with Crippen LogP contribution in [0.25, 0.3) is 0 Å². The molecule has 0 amide bonds. The molecule has 2 aromatic carbocycles. The predicted molar refractivity (Wildman–Crippen MR) is 80.1 cm³/mol. The molecule has 0 aromatic heterocycles. The number of carbonyl (C=O) groups excluding carboxylic acids is 2. The average molecular weight is 281 g/mol. The Kier molecular flexibility index (Phi) is 3.44. The van der Waals surface area contributed by atoms with Gasteiger partial charge in [0.15, 0.2) is 5.78 Å². The molecule has 0 saturated carbocycles. The van der Waals surface area contributed by atoms with Crippen LogP contribution in [0.15, 0.2) is 48.5 Å². The van der Waals surface area contributed by atoms with Gasteiger partial charge in [-0.2, -0.15) is 0 Å². The largest absolute Gasteiger partial charge is 0.427 e. The highest BCUT2D eigenvalue weighted by molar-refractivity contribution is 6.04. The zero-order valence-electron chi connectivity index (χ0n) is 11.7. The minimum Gasteiger partial charge on any atom is -0.427 e. The van der Waals surface area contributed by atoms with Crippen molar-refractivity contribution in [1.29, 1.82) is 0 Å². The Morgan fingerprint density at radius 2 is 1.81 bits per heavy atom. The summed E-state index contributed by atoms with van der Waals surface area (Å²) in [4.78, 5) is 25.0. The number of Topliss-reactive ketones (excluding diaryl/α,β-unsaturated/α-hetero) is 1. The standard InChI is InChI=1S/C17H15NO3/c1-12(19)21-14-8-6-13(7-9-14)18-11-10-17(20)15-4-2-3-5-16(15)18/h2-9H,10-11H2,1H3. The smallest absolute Gasteiger partial charge is 0.308 e. The van der Waals surface area contributed by atoms with Crippen LogP contribution >= 0.6 is 0 Å². The van der Waals surface area contributed by atoms with Gasteiger partial charge in [0.25, 0.3) is 0 Å². The number of anilines is 2. The van der Waals surface area contributed by atoms with Gasteiger partial charge in [0, 0.05) is 31.1 Å². The zero-order chi connectivity index (χ0) is 14.8. The molecule has 0 fully saturated rings. The minimum absolute atomic E-state index is 0.179. The fourth-order valence-corrected chi connectivity index (χ4v) is 2.54. The van der Waals surface area contributed by atoms with Gasteiger partial charge in [-0.3, -0.25) is 9.59 Å². The first-order valence-electron chi connectivity index (χ1n) is 6.83. The molecule has 4 nitrogen and oxygen atoms in total. The topological polar surface area (TPSA) is 46.6 Å². The lowest BCUT2D eigenvalue weighted by molar-refractivity contribution is -0.131. The molecular formula is C17H15NO3. The summed E-state index contributed by atoms with van der Waals surface area (Å²) in [6, 6.07) is 14.9. The van der Waals surface area contributed by atoms with Crippen molar-refractivity contribution in [3.8, 4) is 5.75 Å². The summed E-state index contributed by atoms with van der Waals surface area (Å²) in [5.41, 5.74) is 2.66.